The van der Waals surface area contributed by atoms with Gasteiger partial charge in [0.15, 0.2) is 17.4 Å². The predicted octanol–water partition coefficient (Wildman–Crippen LogP) is 2.61. The second-order valence-electron chi connectivity index (χ2n) is 3.60. The first-order valence-electron chi connectivity index (χ1n) is 4.44. The van der Waals surface area contributed by atoms with Gasteiger partial charge in [-0.1, -0.05) is 11.6 Å². The molecule has 0 spiro atoms. The molecule has 1 fully saturated rings. The number of hydrogen-bond acceptors (Lipinski definition) is 2. The molecule has 1 aliphatic carbocycles. The fourth-order valence-corrected chi connectivity index (χ4v) is 1.68. The molecule has 1 aromatic carbocycles. The number of ether oxygens (including phenoxy) is 1. The molecule has 1 saturated carbocycles. The van der Waals surface area contributed by atoms with Gasteiger partial charge in [0.25, 0.3) is 0 Å². The van der Waals surface area contributed by atoms with Crippen LogP contribution in [0.2, 0.25) is 5.02 Å². The summed E-state index contributed by atoms with van der Waals surface area (Å²) >= 11 is 5.57. The molecule has 2 nitrogen and oxygen atoms in total. The molecule has 1 N–H and O–H groups in total. The second-order valence-corrected chi connectivity index (χ2v) is 4.01. The van der Waals surface area contributed by atoms with Gasteiger partial charge in [0.1, 0.15) is 0 Å². The molecular weight excluding hydrogens is 226 g/mol. The van der Waals surface area contributed by atoms with Crippen molar-refractivity contribution in [2.24, 2.45) is 0 Å². The van der Waals surface area contributed by atoms with Crippen LogP contribution in [0.3, 0.4) is 0 Å². The molecule has 0 saturated heterocycles. The number of hydrogen-bond donors (Lipinski definition) is 1. The average Bonchev–Trinajstić information content (AvgIpc) is 2.92. The van der Waals surface area contributed by atoms with Crippen LogP contribution < -0.4 is 4.74 Å². The summed E-state index contributed by atoms with van der Waals surface area (Å²) in [6.45, 7) is 0. The summed E-state index contributed by atoms with van der Waals surface area (Å²) in [4.78, 5) is 0. The zero-order valence-corrected chi connectivity index (χ0v) is 8.74. The van der Waals surface area contributed by atoms with E-state index in [-0.39, 0.29) is 10.6 Å². The Kier molecular flexibility index (Phi) is 2.35. The summed E-state index contributed by atoms with van der Waals surface area (Å²) in [6, 6.07) is 1.11. The number of halogens is 3. The molecule has 0 bridgehead atoms. The van der Waals surface area contributed by atoms with Gasteiger partial charge in [-0.15, -0.1) is 0 Å². The fourth-order valence-electron chi connectivity index (χ4n) is 1.49. The monoisotopic (exact) mass is 234 g/mol. The highest BCUT2D eigenvalue weighted by Gasteiger charge is 2.45. The molecule has 82 valence electrons. The number of benzene rings is 1. The molecule has 0 aliphatic heterocycles. The van der Waals surface area contributed by atoms with Crippen LogP contribution in [-0.4, -0.2) is 12.2 Å². The Balaban J connectivity index is 2.62. The van der Waals surface area contributed by atoms with E-state index in [1.54, 1.807) is 0 Å². The van der Waals surface area contributed by atoms with Crippen molar-refractivity contribution < 1.29 is 18.6 Å². The van der Waals surface area contributed by atoms with Crippen molar-refractivity contribution in [2.45, 2.75) is 18.4 Å². The normalized spacial score (nSPS) is 17.7. The summed E-state index contributed by atoms with van der Waals surface area (Å²) in [6.07, 6.45) is 0.907. The van der Waals surface area contributed by atoms with Gasteiger partial charge in [0.2, 0.25) is 0 Å². The lowest BCUT2D eigenvalue weighted by atomic mass is 10.1. The number of methoxy groups -OCH3 is 1. The van der Waals surface area contributed by atoms with Gasteiger partial charge in [0.05, 0.1) is 17.7 Å². The molecule has 1 aromatic rings. The Hall–Kier alpha value is -0.870. The molecule has 0 heterocycles. The molecule has 5 heteroatoms. The smallest absolute Gasteiger partial charge is 0.192 e. The molecule has 0 unspecified atom stereocenters. The third-order valence-electron chi connectivity index (χ3n) is 2.55. The highest BCUT2D eigenvalue weighted by Crippen LogP contribution is 2.48. The second kappa shape index (κ2) is 3.32. The molecule has 0 radical (unpaired) electrons. The van der Waals surface area contributed by atoms with E-state index >= 15 is 0 Å². The lowest BCUT2D eigenvalue weighted by molar-refractivity contribution is 0.145. The van der Waals surface area contributed by atoms with E-state index < -0.39 is 23.0 Å². The van der Waals surface area contributed by atoms with Crippen molar-refractivity contribution >= 4 is 11.6 Å². The lowest BCUT2D eigenvalue weighted by Crippen LogP contribution is -2.09. The molecule has 2 rings (SSSR count). The SMILES string of the molecule is COc1c(F)c(Cl)cc(C2(O)CC2)c1F. The summed E-state index contributed by atoms with van der Waals surface area (Å²) < 4.78 is 31.5. The van der Waals surface area contributed by atoms with E-state index in [1.165, 1.54) is 0 Å². The van der Waals surface area contributed by atoms with Crippen LogP contribution in [-0.2, 0) is 5.60 Å². The first-order valence-corrected chi connectivity index (χ1v) is 4.82. The van der Waals surface area contributed by atoms with E-state index in [1.807, 2.05) is 0 Å². The highest BCUT2D eigenvalue weighted by atomic mass is 35.5. The van der Waals surface area contributed by atoms with Crippen LogP contribution in [0, 0.1) is 11.6 Å². The Morgan fingerprint density at radius 2 is 2.00 bits per heavy atom. The Morgan fingerprint density at radius 1 is 1.40 bits per heavy atom. The van der Waals surface area contributed by atoms with Crippen molar-refractivity contribution in [3.8, 4) is 5.75 Å². The van der Waals surface area contributed by atoms with E-state index in [4.69, 9.17) is 11.6 Å². The first kappa shape index (κ1) is 10.6. The van der Waals surface area contributed by atoms with Crippen molar-refractivity contribution in [3.05, 3.63) is 28.3 Å². The third kappa shape index (κ3) is 1.58. The Bertz CT molecular complexity index is 416. The first-order chi connectivity index (χ1) is 6.99. The third-order valence-corrected chi connectivity index (χ3v) is 2.82. The topological polar surface area (TPSA) is 29.5 Å². The van der Waals surface area contributed by atoms with Crippen LogP contribution in [0.1, 0.15) is 18.4 Å². The minimum atomic E-state index is -1.20. The maximum atomic E-state index is 13.7. The van der Waals surface area contributed by atoms with Crippen molar-refractivity contribution in [1.29, 1.82) is 0 Å². The molecule has 15 heavy (non-hydrogen) atoms. The van der Waals surface area contributed by atoms with Gasteiger partial charge in [-0.05, 0) is 18.9 Å². The van der Waals surface area contributed by atoms with E-state index in [2.05, 4.69) is 4.74 Å². The maximum absolute atomic E-state index is 13.7. The number of rotatable bonds is 2. The van der Waals surface area contributed by atoms with Crippen molar-refractivity contribution in [3.63, 3.8) is 0 Å². The van der Waals surface area contributed by atoms with Crippen molar-refractivity contribution in [1.82, 2.24) is 0 Å². The number of aliphatic hydroxyl groups is 1. The largest absolute Gasteiger partial charge is 0.491 e. The minimum absolute atomic E-state index is 0.00532. The van der Waals surface area contributed by atoms with Crippen LogP contribution in [0.4, 0.5) is 8.78 Å². The zero-order valence-electron chi connectivity index (χ0n) is 7.98. The minimum Gasteiger partial charge on any atom is -0.491 e. The van der Waals surface area contributed by atoms with E-state index in [9.17, 15) is 13.9 Å². The maximum Gasteiger partial charge on any atom is 0.192 e. The van der Waals surface area contributed by atoms with Gasteiger partial charge in [-0.25, -0.2) is 8.78 Å². The van der Waals surface area contributed by atoms with Crippen molar-refractivity contribution in [2.75, 3.05) is 7.11 Å². The van der Waals surface area contributed by atoms with E-state index in [0.29, 0.717) is 12.8 Å². The quantitative estimate of drug-likeness (QED) is 0.797. The van der Waals surface area contributed by atoms with Gasteiger partial charge >= 0.3 is 0 Å². The molecule has 0 aromatic heterocycles. The van der Waals surface area contributed by atoms with Crippen LogP contribution in [0.15, 0.2) is 6.07 Å². The Labute approximate surface area is 90.4 Å². The lowest BCUT2D eigenvalue weighted by Gasteiger charge is -2.13. The molecule has 1 aliphatic rings. The van der Waals surface area contributed by atoms with Crippen LogP contribution >= 0.6 is 11.6 Å². The average molecular weight is 235 g/mol. The van der Waals surface area contributed by atoms with E-state index in [0.717, 1.165) is 13.2 Å². The van der Waals surface area contributed by atoms with Gasteiger partial charge in [-0.3, -0.25) is 0 Å². The standard InChI is InChI=1S/C10H9ClF2O2/c1-15-9-7(12)5(10(14)2-3-10)4-6(11)8(9)13/h4,14H,2-3H2,1H3. The molecule has 0 amide bonds. The zero-order chi connectivity index (χ0) is 11.2. The summed E-state index contributed by atoms with van der Waals surface area (Å²) in [5, 5.41) is 9.49. The van der Waals surface area contributed by atoms with Gasteiger partial charge in [0, 0.05) is 5.56 Å². The summed E-state index contributed by atoms with van der Waals surface area (Å²) in [5.74, 6) is -2.36. The van der Waals surface area contributed by atoms with Crippen LogP contribution in [0.5, 0.6) is 5.75 Å². The van der Waals surface area contributed by atoms with Gasteiger partial charge in [-0.2, -0.15) is 0 Å². The predicted molar refractivity (Wildman–Crippen MR) is 51.1 cm³/mol. The van der Waals surface area contributed by atoms with Gasteiger partial charge < -0.3 is 9.84 Å². The van der Waals surface area contributed by atoms with Crippen LogP contribution in [0.25, 0.3) is 0 Å². The molecular formula is C10H9ClF2O2. The summed E-state index contributed by atoms with van der Waals surface area (Å²) in [7, 11) is 1.15. The fraction of sp³-hybridized carbons (Fsp3) is 0.400. The Morgan fingerprint density at radius 3 is 2.47 bits per heavy atom. The summed E-state index contributed by atoms with van der Waals surface area (Å²) in [5.41, 5.74) is -1.19. The highest BCUT2D eigenvalue weighted by molar-refractivity contribution is 6.31. The molecule has 0 atom stereocenters.